The molecule has 1 atom stereocenters. The molecule has 0 aliphatic carbocycles. The first-order valence-corrected chi connectivity index (χ1v) is 6.19. The molecule has 1 aromatic rings. The van der Waals surface area contributed by atoms with Crippen LogP contribution in [0.5, 0.6) is 0 Å². The standard InChI is InChI=1S/C12H22N4/c1-11-3-6-13-8-10-16(11)9-5-12-4-7-14-15(12)2/h4,7,11,13H,3,5-6,8-10H2,1-2H3. The van der Waals surface area contributed by atoms with Crippen molar-refractivity contribution in [1.82, 2.24) is 20.0 Å². The van der Waals surface area contributed by atoms with Gasteiger partial charge in [0.15, 0.2) is 0 Å². The molecule has 4 nitrogen and oxygen atoms in total. The molecule has 1 aliphatic heterocycles. The van der Waals surface area contributed by atoms with E-state index < -0.39 is 0 Å². The first kappa shape index (κ1) is 11.6. The molecule has 90 valence electrons. The number of hydrogen-bond acceptors (Lipinski definition) is 3. The summed E-state index contributed by atoms with van der Waals surface area (Å²) in [5.74, 6) is 0. The van der Waals surface area contributed by atoms with E-state index in [0.717, 1.165) is 26.1 Å². The lowest BCUT2D eigenvalue weighted by atomic mass is 10.2. The Morgan fingerprint density at radius 2 is 2.38 bits per heavy atom. The fourth-order valence-corrected chi connectivity index (χ4v) is 2.30. The van der Waals surface area contributed by atoms with Crippen LogP contribution in [0.25, 0.3) is 0 Å². The van der Waals surface area contributed by atoms with Crippen molar-refractivity contribution in [2.75, 3.05) is 26.2 Å². The Hall–Kier alpha value is -0.870. The smallest absolute Gasteiger partial charge is 0.0492 e. The maximum atomic E-state index is 4.20. The van der Waals surface area contributed by atoms with Gasteiger partial charge in [-0.3, -0.25) is 9.58 Å². The highest BCUT2D eigenvalue weighted by atomic mass is 15.3. The van der Waals surface area contributed by atoms with Crippen LogP contribution in [0.15, 0.2) is 12.3 Å². The predicted molar refractivity (Wildman–Crippen MR) is 65.4 cm³/mol. The molecule has 1 N–H and O–H groups in total. The monoisotopic (exact) mass is 222 g/mol. The second-order valence-corrected chi connectivity index (χ2v) is 4.62. The van der Waals surface area contributed by atoms with Crippen molar-refractivity contribution in [2.24, 2.45) is 7.05 Å². The van der Waals surface area contributed by atoms with Crippen LogP contribution in [0.2, 0.25) is 0 Å². The van der Waals surface area contributed by atoms with E-state index >= 15 is 0 Å². The normalized spacial score (nSPS) is 23.2. The van der Waals surface area contributed by atoms with Crippen LogP contribution in [0.1, 0.15) is 19.0 Å². The van der Waals surface area contributed by atoms with E-state index in [4.69, 9.17) is 0 Å². The Bertz CT molecular complexity index is 321. The molecule has 2 rings (SSSR count). The van der Waals surface area contributed by atoms with Gasteiger partial charge in [0.05, 0.1) is 0 Å². The number of aryl methyl sites for hydroxylation is 1. The largest absolute Gasteiger partial charge is 0.315 e. The molecule has 0 amide bonds. The Balaban J connectivity index is 1.86. The van der Waals surface area contributed by atoms with Crippen molar-refractivity contribution in [2.45, 2.75) is 25.8 Å². The van der Waals surface area contributed by atoms with Gasteiger partial charge < -0.3 is 5.32 Å². The summed E-state index contributed by atoms with van der Waals surface area (Å²) in [4.78, 5) is 2.58. The highest BCUT2D eigenvalue weighted by molar-refractivity contribution is 5.00. The van der Waals surface area contributed by atoms with Crippen molar-refractivity contribution in [3.8, 4) is 0 Å². The number of aromatic nitrogens is 2. The SMILES string of the molecule is CC1CCNCCN1CCc1ccnn1C. The van der Waals surface area contributed by atoms with Crippen LogP contribution in [0.4, 0.5) is 0 Å². The van der Waals surface area contributed by atoms with Crippen molar-refractivity contribution in [3.05, 3.63) is 18.0 Å². The Labute approximate surface area is 97.6 Å². The quantitative estimate of drug-likeness (QED) is 0.815. The van der Waals surface area contributed by atoms with E-state index in [2.05, 4.69) is 28.3 Å². The summed E-state index contributed by atoms with van der Waals surface area (Å²) in [7, 11) is 2.02. The van der Waals surface area contributed by atoms with Gasteiger partial charge in [-0.1, -0.05) is 0 Å². The number of nitrogens with zero attached hydrogens (tertiary/aromatic N) is 3. The second-order valence-electron chi connectivity index (χ2n) is 4.62. The molecule has 1 aliphatic rings. The summed E-state index contributed by atoms with van der Waals surface area (Å²) in [6.45, 7) is 6.91. The summed E-state index contributed by atoms with van der Waals surface area (Å²) in [6, 6.07) is 2.81. The molecular weight excluding hydrogens is 200 g/mol. The third-order valence-corrected chi connectivity index (χ3v) is 3.52. The minimum atomic E-state index is 0.697. The van der Waals surface area contributed by atoms with Gasteiger partial charge in [0.1, 0.15) is 0 Å². The Kier molecular flexibility index (Phi) is 3.96. The van der Waals surface area contributed by atoms with Crippen LogP contribution < -0.4 is 5.32 Å². The zero-order valence-electron chi connectivity index (χ0n) is 10.3. The van der Waals surface area contributed by atoms with Gasteiger partial charge in [-0.15, -0.1) is 0 Å². The van der Waals surface area contributed by atoms with E-state index in [1.165, 1.54) is 18.7 Å². The van der Waals surface area contributed by atoms with Crippen LogP contribution in [0.3, 0.4) is 0 Å². The lowest BCUT2D eigenvalue weighted by Gasteiger charge is -2.26. The first-order valence-electron chi connectivity index (χ1n) is 6.19. The third-order valence-electron chi connectivity index (χ3n) is 3.52. The van der Waals surface area contributed by atoms with Gasteiger partial charge in [-0.2, -0.15) is 5.10 Å². The first-order chi connectivity index (χ1) is 7.77. The van der Waals surface area contributed by atoms with E-state index in [-0.39, 0.29) is 0 Å². The van der Waals surface area contributed by atoms with Gasteiger partial charge in [0.2, 0.25) is 0 Å². The molecular formula is C12H22N4. The van der Waals surface area contributed by atoms with Crippen molar-refractivity contribution < 1.29 is 0 Å². The summed E-state index contributed by atoms with van der Waals surface area (Å²) in [5.41, 5.74) is 1.32. The van der Waals surface area contributed by atoms with Crippen LogP contribution >= 0.6 is 0 Å². The lowest BCUT2D eigenvalue weighted by molar-refractivity contribution is 0.221. The third kappa shape index (κ3) is 2.83. The maximum Gasteiger partial charge on any atom is 0.0492 e. The summed E-state index contributed by atoms with van der Waals surface area (Å²) < 4.78 is 1.97. The Morgan fingerprint density at radius 1 is 1.50 bits per heavy atom. The fraction of sp³-hybridized carbons (Fsp3) is 0.750. The zero-order valence-corrected chi connectivity index (χ0v) is 10.3. The molecule has 0 saturated carbocycles. The van der Waals surface area contributed by atoms with Gasteiger partial charge in [0.25, 0.3) is 0 Å². The van der Waals surface area contributed by atoms with Crippen molar-refractivity contribution in [3.63, 3.8) is 0 Å². The molecule has 0 radical (unpaired) electrons. The van der Waals surface area contributed by atoms with Crippen LogP contribution in [0, 0.1) is 0 Å². The van der Waals surface area contributed by atoms with Gasteiger partial charge in [-0.05, 0) is 26.0 Å². The van der Waals surface area contributed by atoms with Gasteiger partial charge in [0, 0.05) is 51.0 Å². The molecule has 1 fully saturated rings. The molecule has 0 bridgehead atoms. The average molecular weight is 222 g/mol. The zero-order chi connectivity index (χ0) is 11.4. The molecule has 2 heterocycles. The minimum absolute atomic E-state index is 0.697. The molecule has 0 spiro atoms. The molecule has 1 saturated heterocycles. The van der Waals surface area contributed by atoms with Crippen molar-refractivity contribution in [1.29, 1.82) is 0 Å². The van der Waals surface area contributed by atoms with Crippen molar-refractivity contribution >= 4 is 0 Å². The van der Waals surface area contributed by atoms with E-state index in [1.54, 1.807) is 0 Å². The van der Waals surface area contributed by atoms with E-state index in [1.807, 2.05) is 17.9 Å². The Morgan fingerprint density at radius 3 is 3.12 bits per heavy atom. The summed E-state index contributed by atoms with van der Waals surface area (Å²) in [5, 5.41) is 7.66. The number of nitrogens with one attached hydrogen (secondary N) is 1. The molecule has 4 heteroatoms. The topological polar surface area (TPSA) is 33.1 Å². The minimum Gasteiger partial charge on any atom is -0.315 e. The maximum absolute atomic E-state index is 4.20. The van der Waals surface area contributed by atoms with Crippen LogP contribution in [-0.4, -0.2) is 46.9 Å². The highest BCUT2D eigenvalue weighted by Crippen LogP contribution is 2.08. The van der Waals surface area contributed by atoms with Gasteiger partial charge >= 0.3 is 0 Å². The molecule has 0 aromatic carbocycles. The predicted octanol–water partition coefficient (Wildman–Crippen LogP) is 0.646. The summed E-state index contributed by atoms with van der Waals surface area (Å²) >= 11 is 0. The highest BCUT2D eigenvalue weighted by Gasteiger charge is 2.16. The number of hydrogen-bond donors (Lipinski definition) is 1. The fourth-order valence-electron chi connectivity index (χ4n) is 2.30. The average Bonchev–Trinajstić information content (AvgIpc) is 2.56. The second kappa shape index (κ2) is 5.46. The lowest BCUT2D eigenvalue weighted by Crippen LogP contribution is -2.36. The number of rotatable bonds is 3. The molecule has 16 heavy (non-hydrogen) atoms. The van der Waals surface area contributed by atoms with E-state index in [9.17, 15) is 0 Å². The summed E-state index contributed by atoms with van der Waals surface area (Å²) in [6.07, 6.45) is 4.23. The molecule has 1 aromatic heterocycles. The molecule has 1 unspecified atom stereocenters. The van der Waals surface area contributed by atoms with Crippen LogP contribution in [-0.2, 0) is 13.5 Å². The van der Waals surface area contributed by atoms with Gasteiger partial charge in [-0.25, -0.2) is 0 Å². The van der Waals surface area contributed by atoms with E-state index in [0.29, 0.717) is 6.04 Å².